The molecule has 0 aliphatic carbocycles. The van der Waals surface area contributed by atoms with Gasteiger partial charge in [-0.05, 0) is 43.7 Å². The van der Waals surface area contributed by atoms with Crippen molar-refractivity contribution in [3.05, 3.63) is 39.9 Å². The molecular weight excluding hydrogens is 273 g/mol. The summed E-state index contributed by atoms with van der Waals surface area (Å²) < 4.78 is 0. The van der Waals surface area contributed by atoms with Gasteiger partial charge in [0.15, 0.2) is 0 Å². The minimum atomic E-state index is -0.933. The molecule has 0 bridgehead atoms. The minimum Gasteiger partial charge on any atom is -0.389 e. The van der Waals surface area contributed by atoms with E-state index in [1.165, 1.54) is 6.08 Å². The molecule has 1 aromatic carbocycles. The summed E-state index contributed by atoms with van der Waals surface area (Å²) in [6.45, 7) is 3.41. The summed E-state index contributed by atoms with van der Waals surface area (Å²) in [6.07, 6.45) is 2.93. The molecule has 1 amide bonds. The summed E-state index contributed by atoms with van der Waals surface area (Å²) >= 11 is 11.8. The van der Waals surface area contributed by atoms with Gasteiger partial charge in [0.05, 0.1) is 5.60 Å². The zero-order valence-corrected chi connectivity index (χ0v) is 11.7. The molecule has 0 fully saturated rings. The van der Waals surface area contributed by atoms with E-state index >= 15 is 0 Å². The van der Waals surface area contributed by atoms with Gasteiger partial charge in [0.1, 0.15) is 0 Å². The fourth-order valence-corrected chi connectivity index (χ4v) is 1.53. The van der Waals surface area contributed by atoms with Gasteiger partial charge in [-0.3, -0.25) is 4.79 Å². The molecule has 2 N–H and O–H groups in total. The molecule has 0 radical (unpaired) electrons. The van der Waals surface area contributed by atoms with Crippen molar-refractivity contribution < 1.29 is 9.90 Å². The van der Waals surface area contributed by atoms with Crippen LogP contribution in [0, 0.1) is 0 Å². The first kappa shape index (κ1) is 15.0. The summed E-state index contributed by atoms with van der Waals surface area (Å²) in [6, 6.07) is 5.01. The first-order valence-corrected chi connectivity index (χ1v) is 6.17. The molecule has 0 heterocycles. The van der Waals surface area contributed by atoms with Gasteiger partial charge in [-0.2, -0.15) is 0 Å². The smallest absolute Gasteiger partial charge is 0.244 e. The summed E-state index contributed by atoms with van der Waals surface area (Å²) in [5.41, 5.74) is -0.264. The van der Waals surface area contributed by atoms with Crippen LogP contribution in [0.3, 0.4) is 0 Å². The van der Waals surface area contributed by atoms with Crippen LogP contribution in [0.1, 0.15) is 19.4 Å². The van der Waals surface area contributed by atoms with Crippen molar-refractivity contribution in [3.8, 4) is 0 Å². The van der Waals surface area contributed by atoms with Crippen molar-refractivity contribution in [1.82, 2.24) is 5.32 Å². The van der Waals surface area contributed by atoms with Gasteiger partial charge >= 0.3 is 0 Å². The molecular formula is C13H15Cl2NO2. The Morgan fingerprint density at radius 3 is 2.72 bits per heavy atom. The Morgan fingerprint density at radius 1 is 1.44 bits per heavy atom. The Morgan fingerprint density at radius 2 is 2.11 bits per heavy atom. The second-order valence-electron chi connectivity index (χ2n) is 4.53. The molecule has 0 saturated heterocycles. The van der Waals surface area contributed by atoms with Crippen molar-refractivity contribution >= 4 is 35.2 Å². The molecule has 5 heteroatoms. The average molecular weight is 288 g/mol. The van der Waals surface area contributed by atoms with E-state index in [4.69, 9.17) is 23.2 Å². The van der Waals surface area contributed by atoms with Crippen LogP contribution < -0.4 is 5.32 Å². The van der Waals surface area contributed by atoms with E-state index < -0.39 is 5.60 Å². The molecule has 3 nitrogen and oxygen atoms in total. The number of carbonyl (C=O) groups excluding carboxylic acids is 1. The van der Waals surface area contributed by atoms with E-state index in [1.54, 1.807) is 38.1 Å². The number of hydrogen-bond acceptors (Lipinski definition) is 2. The number of halogens is 2. The zero-order chi connectivity index (χ0) is 13.8. The Kier molecular flexibility index (Phi) is 5.20. The van der Waals surface area contributed by atoms with Gasteiger partial charge in [0.2, 0.25) is 5.91 Å². The largest absolute Gasteiger partial charge is 0.389 e. The van der Waals surface area contributed by atoms with E-state index in [0.29, 0.717) is 15.6 Å². The molecule has 0 aliphatic heterocycles. The summed E-state index contributed by atoms with van der Waals surface area (Å²) in [4.78, 5) is 11.5. The lowest BCUT2D eigenvalue weighted by molar-refractivity contribution is -0.117. The Balaban J connectivity index is 2.64. The van der Waals surface area contributed by atoms with E-state index in [9.17, 15) is 9.90 Å². The standard InChI is InChI=1S/C13H15Cl2NO2/c1-13(2,18)8-16-12(17)6-3-9-7-10(14)4-5-11(9)15/h3-7,18H,8H2,1-2H3,(H,16,17). The van der Waals surface area contributed by atoms with Crippen molar-refractivity contribution in [2.24, 2.45) is 0 Å². The number of benzene rings is 1. The van der Waals surface area contributed by atoms with Crippen molar-refractivity contribution in [1.29, 1.82) is 0 Å². The van der Waals surface area contributed by atoms with Gasteiger partial charge in [0, 0.05) is 22.7 Å². The van der Waals surface area contributed by atoms with Gasteiger partial charge in [-0.25, -0.2) is 0 Å². The first-order chi connectivity index (χ1) is 8.28. The highest BCUT2D eigenvalue weighted by Crippen LogP contribution is 2.21. The second-order valence-corrected chi connectivity index (χ2v) is 5.37. The molecule has 98 valence electrons. The minimum absolute atomic E-state index is 0.180. The van der Waals surface area contributed by atoms with Crippen LogP contribution in [-0.4, -0.2) is 23.2 Å². The number of amides is 1. The van der Waals surface area contributed by atoms with E-state index in [1.807, 2.05) is 0 Å². The highest BCUT2D eigenvalue weighted by molar-refractivity contribution is 6.34. The van der Waals surface area contributed by atoms with Crippen molar-refractivity contribution in [2.45, 2.75) is 19.4 Å². The monoisotopic (exact) mass is 287 g/mol. The number of rotatable bonds is 4. The summed E-state index contributed by atoms with van der Waals surface area (Å²) in [7, 11) is 0. The third kappa shape index (κ3) is 5.54. The van der Waals surface area contributed by atoms with Crippen LogP contribution >= 0.6 is 23.2 Å². The third-order valence-corrected chi connectivity index (χ3v) is 2.65. The second kappa shape index (κ2) is 6.23. The fourth-order valence-electron chi connectivity index (χ4n) is 1.17. The summed E-state index contributed by atoms with van der Waals surface area (Å²) in [5, 5.41) is 13.1. The molecule has 0 saturated carbocycles. The van der Waals surface area contributed by atoms with Gasteiger partial charge < -0.3 is 10.4 Å². The fraction of sp³-hybridized carbons (Fsp3) is 0.308. The van der Waals surface area contributed by atoms with Crippen LogP contribution in [0.5, 0.6) is 0 Å². The lowest BCUT2D eigenvalue weighted by Crippen LogP contribution is -2.37. The molecule has 1 aromatic rings. The lowest BCUT2D eigenvalue weighted by Gasteiger charge is -2.16. The van der Waals surface area contributed by atoms with Crippen LogP contribution in [0.2, 0.25) is 10.0 Å². The molecule has 0 atom stereocenters. The molecule has 18 heavy (non-hydrogen) atoms. The zero-order valence-electron chi connectivity index (χ0n) is 10.2. The van der Waals surface area contributed by atoms with Crippen LogP contribution in [0.25, 0.3) is 6.08 Å². The van der Waals surface area contributed by atoms with E-state index in [2.05, 4.69) is 5.32 Å². The molecule has 0 aliphatic rings. The van der Waals surface area contributed by atoms with Crippen molar-refractivity contribution in [3.63, 3.8) is 0 Å². The lowest BCUT2D eigenvalue weighted by atomic mass is 10.1. The quantitative estimate of drug-likeness (QED) is 0.837. The molecule has 0 aromatic heterocycles. The van der Waals surface area contributed by atoms with E-state index in [0.717, 1.165) is 0 Å². The molecule has 0 spiro atoms. The first-order valence-electron chi connectivity index (χ1n) is 5.41. The number of carbonyl (C=O) groups is 1. The highest BCUT2D eigenvalue weighted by atomic mass is 35.5. The predicted molar refractivity (Wildman–Crippen MR) is 74.8 cm³/mol. The van der Waals surface area contributed by atoms with Gasteiger partial charge in [0.25, 0.3) is 0 Å². The van der Waals surface area contributed by atoms with Gasteiger partial charge in [-0.1, -0.05) is 23.2 Å². The predicted octanol–water partition coefficient (Wildman–Crippen LogP) is 2.89. The SMILES string of the molecule is CC(C)(O)CNC(=O)C=Cc1cc(Cl)ccc1Cl. The Bertz CT molecular complexity index is 465. The highest BCUT2D eigenvalue weighted by Gasteiger charge is 2.12. The third-order valence-electron chi connectivity index (χ3n) is 2.07. The van der Waals surface area contributed by atoms with E-state index in [-0.39, 0.29) is 12.5 Å². The summed E-state index contributed by atoms with van der Waals surface area (Å²) in [5.74, 6) is -0.298. The van der Waals surface area contributed by atoms with Gasteiger partial charge in [-0.15, -0.1) is 0 Å². The normalized spacial score (nSPS) is 11.8. The maximum Gasteiger partial charge on any atom is 0.244 e. The number of nitrogens with one attached hydrogen (secondary N) is 1. The average Bonchev–Trinajstić information content (AvgIpc) is 2.26. The van der Waals surface area contributed by atoms with Crippen LogP contribution in [0.15, 0.2) is 24.3 Å². The molecule has 1 rings (SSSR count). The van der Waals surface area contributed by atoms with Crippen molar-refractivity contribution in [2.75, 3.05) is 6.54 Å². The Hall–Kier alpha value is -1.03. The van der Waals surface area contributed by atoms with Crippen LogP contribution in [-0.2, 0) is 4.79 Å². The number of aliphatic hydroxyl groups is 1. The maximum atomic E-state index is 11.5. The number of hydrogen-bond donors (Lipinski definition) is 2. The van der Waals surface area contributed by atoms with Crippen LogP contribution in [0.4, 0.5) is 0 Å². The molecule has 0 unspecified atom stereocenters. The Labute approximate surface area is 116 Å². The maximum absolute atomic E-state index is 11.5. The topological polar surface area (TPSA) is 49.3 Å².